The van der Waals surface area contributed by atoms with Gasteiger partial charge in [-0.3, -0.25) is 9.10 Å². The van der Waals surface area contributed by atoms with Crippen LogP contribution in [0.1, 0.15) is 5.89 Å². The molecule has 3 rings (SSSR count). The zero-order chi connectivity index (χ0) is 21.7. The monoisotopic (exact) mass is 434 g/mol. The number of benzene rings is 2. The Balaban J connectivity index is 1.66. The third kappa shape index (κ3) is 5.11. The molecule has 0 unspecified atom stereocenters. The molecule has 158 valence electrons. The molecular formula is C19H19FN4O5S. The van der Waals surface area contributed by atoms with E-state index in [1.165, 1.54) is 25.3 Å². The fraction of sp³-hybridized carbons (Fsp3) is 0.211. The van der Waals surface area contributed by atoms with E-state index in [-0.39, 0.29) is 18.1 Å². The predicted molar refractivity (Wildman–Crippen MR) is 107 cm³/mol. The number of hydrogen-bond acceptors (Lipinski definition) is 7. The number of ether oxygens (including phenoxy) is 1. The quantitative estimate of drug-likeness (QED) is 0.576. The smallest absolute Gasteiger partial charge is 0.246 e. The van der Waals surface area contributed by atoms with Gasteiger partial charge in [-0.15, -0.1) is 0 Å². The van der Waals surface area contributed by atoms with E-state index in [4.69, 9.17) is 9.26 Å². The van der Waals surface area contributed by atoms with Crippen molar-refractivity contribution in [3.63, 3.8) is 0 Å². The van der Waals surface area contributed by atoms with Crippen LogP contribution in [-0.2, 0) is 21.4 Å². The molecule has 0 saturated carbocycles. The lowest BCUT2D eigenvalue weighted by molar-refractivity contribution is -0.119. The van der Waals surface area contributed by atoms with E-state index < -0.39 is 28.3 Å². The van der Waals surface area contributed by atoms with Gasteiger partial charge in [0.15, 0.2) is 0 Å². The van der Waals surface area contributed by atoms with Gasteiger partial charge in [0.25, 0.3) is 0 Å². The van der Waals surface area contributed by atoms with E-state index in [0.29, 0.717) is 21.4 Å². The van der Waals surface area contributed by atoms with Crippen molar-refractivity contribution in [1.29, 1.82) is 0 Å². The fourth-order valence-electron chi connectivity index (χ4n) is 2.60. The van der Waals surface area contributed by atoms with Crippen molar-refractivity contribution in [2.45, 2.75) is 6.54 Å². The average molecular weight is 434 g/mol. The molecule has 0 aliphatic rings. The number of amides is 1. The maximum Gasteiger partial charge on any atom is 0.246 e. The van der Waals surface area contributed by atoms with Gasteiger partial charge in [-0.05, 0) is 24.3 Å². The number of nitrogens with one attached hydrogen (secondary N) is 1. The number of carbonyl (C=O) groups excluding carboxylic acids is 1. The number of aromatic nitrogens is 2. The Labute approximate surface area is 172 Å². The second-order valence-electron chi connectivity index (χ2n) is 6.24. The molecule has 0 fully saturated rings. The van der Waals surface area contributed by atoms with Crippen LogP contribution in [0.25, 0.3) is 11.4 Å². The summed E-state index contributed by atoms with van der Waals surface area (Å²) in [4.78, 5) is 16.5. The molecule has 3 aromatic rings. The number of hydrogen-bond donors (Lipinski definition) is 1. The average Bonchev–Trinajstić information content (AvgIpc) is 3.19. The minimum atomic E-state index is -3.89. The van der Waals surface area contributed by atoms with E-state index >= 15 is 0 Å². The van der Waals surface area contributed by atoms with Crippen LogP contribution in [-0.4, -0.2) is 44.4 Å². The molecule has 1 N–H and O–H groups in total. The van der Waals surface area contributed by atoms with Crippen LogP contribution in [0.3, 0.4) is 0 Å². The van der Waals surface area contributed by atoms with Crippen LogP contribution < -0.4 is 14.4 Å². The molecular weight excluding hydrogens is 415 g/mol. The molecule has 11 heteroatoms. The molecule has 0 saturated heterocycles. The molecule has 30 heavy (non-hydrogen) atoms. The number of para-hydroxylation sites is 1. The van der Waals surface area contributed by atoms with Crippen LogP contribution in [0, 0.1) is 5.82 Å². The van der Waals surface area contributed by atoms with Crippen molar-refractivity contribution in [2.75, 3.05) is 24.2 Å². The molecule has 0 radical (unpaired) electrons. The summed E-state index contributed by atoms with van der Waals surface area (Å²) in [6, 6.07) is 12.3. The third-order valence-corrected chi connectivity index (χ3v) is 5.17. The fourth-order valence-corrected chi connectivity index (χ4v) is 3.46. The summed E-state index contributed by atoms with van der Waals surface area (Å²) in [7, 11) is -2.35. The van der Waals surface area contributed by atoms with Crippen LogP contribution in [0.15, 0.2) is 53.1 Å². The van der Waals surface area contributed by atoms with E-state index in [2.05, 4.69) is 15.5 Å². The summed E-state index contributed by atoms with van der Waals surface area (Å²) in [5, 5.41) is 6.34. The molecule has 1 aromatic heterocycles. The van der Waals surface area contributed by atoms with E-state index in [0.717, 1.165) is 12.3 Å². The van der Waals surface area contributed by atoms with Gasteiger partial charge in [0, 0.05) is 5.56 Å². The van der Waals surface area contributed by atoms with Crippen LogP contribution in [0.5, 0.6) is 5.75 Å². The summed E-state index contributed by atoms with van der Waals surface area (Å²) >= 11 is 0. The second-order valence-corrected chi connectivity index (χ2v) is 8.15. The Morgan fingerprint density at radius 3 is 2.70 bits per heavy atom. The highest BCUT2D eigenvalue weighted by atomic mass is 32.2. The molecule has 0 aliphatic heterocycles. The predicted octanol–water partition coefficient (Wildman–Crippen LogP) is 1.97. The topological polar surface area (TPSA) is 115 Å². The maximum atomic E-state index is 14.0. The maximum absolute atomic E-state index is 14.0. The van der Waals surface area contributed by atoms with Crippen LogP contribution in [0.2, 0.25) is 0 Å². The minimum absolute atomic E-state index is 0.120. The van der Waals surface area contributed by atoms with Gasteiger partial charge >= 0.3 is 0 Å². The van der Waals surface area contributed by atoms with Gasteiger partial charge in [-0.25, -0.2) is 12.8 Å². The Kier molecular flexibility index (Phi) is 6.31. The number of carbonyl (C=O) groups is 1. The zero-order valence-electron chi connectivity index (χ0n) is 16.2. The number of halogens is 1. The Morgan fingerprint density at radius 1 is 1.23 bits per heavy atom. The first-order valence-corrected chi connectivity index (χ1v) is 10.6. The SMILES string of the molecule is COc1cccc(-c2noc(CNC(=O)CN(c3ccccc3F)S(C)(=O)=O)n2)c1. The zero-order valence-corrected chi connectivity index (χ0v) is 17.0. The van der Waals surface area contributed by atoms with Crippen molar-refractivity contribution in [3.05, 3.63) is 60.2 Å². The Bertz CT molecular complexity index is 1150. The lowest BCUT2D eigenvalue weighted by Crippen LogP contribution is -2.40. The summed E-state index contributed by atoms with van der Waals surface area (Å²) in [6.45, 7) is -0.721. The van der Waals surface area contributed by atoms with Gasteiger partial charge < -0.3 is 14.6 Å². The first-order chi connectivity index (χ1) is 14.3. The molecule has 0 bridgehead atoms. The van der Waals surface area contributed by atoms with Gasteiger partial charge in [0.2, 0.25) is 27.6 Å². The summed E-state index contributed by atoms with van der Waals surface area (Å²) in [5.74, 6) is -0.359. The Morgan fingerprint density at radius 2 is 2.00 bits per heavy atom. The van der Waals surface area contributed by atoms with Gasteiger partial charge in [0.1, 0.15) is 18.1 Å². The largest absolute Gasteiger partial charge is 0.497 e. The number of anilines is 1. The van der Waals surface area contributed by atoms with E-state index in [9.17, 15) is 17.6 Å². The standard InChI is InChI=1S/C19H19FN4O5S/c1-28-14-7-5-6-13(10-14)19-22-18(29-23-19)11-21-17(25)12-24(30(2,26)27)16-9-4-3-8-15(16)20/h3-10H,11-12H2,1-2H3,(H,21,25). The third-order valence-electron chi connectivity index (χ3n) is 4.04. The highest BCUT2D eigenvalue weighted by Gasteiger charge is 2.23. The van der Waals surface area contributed by atoms with Crippen molar-refractivity contribution in [3.8, 4) is 17.1 Å². The molecule has 0 aliphatic carbocycles. The van der Waals surface area contributed by atoms with E-state index in [1.54, 1.807) is 24.3 Å². The number of rotatable bonds is 8. The summed E-state index contributed by atoms with van der Waals surface area (Å²) < 4.78 is 49.0. The lowest BCUT2D eigenvalue weighted by Gasteiger charge is -2.22. The molecule has 1 amide bonds. The molecule has 0 spiro atoms. The number of sulfonamides is 1. The first kappa shape index (κ1) is 21.2. The number of nitrogens with zero attached hydrogens (tertiary/aromatic N) is 3. The van der Waals surface area contributed by atoms with Crippen LogP contribution >= 0.6 is 0 Å². The van der Waals surface area contributed by atoms with Crippen LogP contribution in [0.4, 0.5) is 10.1 Å². The van der Waals surface area contributed by atoms with Gasteiger partial charge in [-0.1, -0.05) is 29.4 Å². The van der Waals surface area contributed by atoms with E-state index in [1.807, 2.05) is 0 Å². The van der Waals surface area contributed by atoms with Gasteiger partial charge in [-0.2, -0.15) is 4.98 Å². The van der Waals surface area contributed by atoms with Crippen molar-refractivity contribution in [1.82, 2.24) is 15.5 Å². The Hall–Kier alpha value is -3.47. The number of methoxy groups -OCH3 is 1. The second kappa shape index (κ2) is 8.91. The molecule has 2 aromatic carbocycles. The summed E-state index contributed by atoms with van der Waals surface area (Å²) in [6.07, 6.45) is 0.894. The normalized spacial score (nSPS) is 11.2. The summed E-state index contributed by atoms with van der Waals surface area (Å²) in [5.41, 5.74) is 0.451. The first-order valence-electron chi connectivity index (χ1n) is 8.74. The highest BCUT2D eigenvalue weighted by molar-refractivity contribution is 7.92. The van der Waals surface area contributed by atoms with Crippen molar-refractivity contribution < 1.29 is 26.9 Å². The highest BCUT2D eigenvalue weighted by Crippen LogP contribution is 2.22. The minimum Gasteiger partial charge on any atom is -0.497 e. The van der Waals surface area contributed by atoms with Gasteiger partial charge in [0.05, 0.1) is 25.6 Å². The van der Waals surface area contributed by atoms with Crippen molar-refractivity contribution in [2.24, 2.45) is 0 Å². The lowest BCUT2D eigenvalue weighted by atomic mass is 10.2. The molecule has 9 nitrogen and oxygen atoms in total. The molecule has 1 heterocycles. The van der Waals surface area contributed by atoms with Crippen molar-refractivity contribution >= 4 is 21.6 Å². The molecule has 0 atom stereocenters.